The van der Waals surface area contributed by atoms with Gasteiger partial charge >= 0.3 is 6.09 Å². The summed E-state index contributed by atoms with van der Waals surface area (Å²) in [6.45, 7) is 6.17. The molecule has 1 aromatic rings. The Bertz CT molecular complexity index is 728. The van der Waals surface area contributed by atoms with Gasteiger partial charge in [0.25, 0.3) is 0 Å². The molecule has 0 aromatic heterocycles. The minimum absolute atomic E-state index is 0.202. The Morgan fingerprint density at radius 2 is 1.96 bits per heavy atom. The van der Waals surface area contributed by atoms with Gasteiger partial charge in [-0.25, -0.2) is 4.79 Å². The third-order valence-corrected chi connectivity index (χ3v) is 5.97. The van der Waals surface area contributed by atoms with E-state index in [0.29, 0.717) is 30.6 Å². The lowest BCUT2D eigenvalue weighted by molar-refractivity contribution is -0.0391. The van der Waals surface area contributed by atoms with Crippen molar-refractivity contribution in [1.82, 2.24) is 4.90 Å². The Balaban J connectivity index is 1.56. The molecule has 1 saturated heterocycles. The molecule has 6 heteroatoms. The highest BCUT2D eigenvalue weighted by atomic mass is 16.6. The Labute approximate surface area is 160 Å². The lowest BCUT2D eigenvalue weighted by Gasteiger charge is -2.48. The predicted molar refractivity (Wildman–Crippen MR) is 100.0 cm³/mol. The van der Waals surface area contributed by atoms with Gasteiger partial charge in [0.2, 0.25) is 0 Å². The second-order valence-corrected chi connectivity index (χ2v) is 8.79. The van der Waals surface area contributed by atoms with E-state index in [2.05, 4.69) is 0 Å². The molecule has 0 spiro atoms. The maximum atomic E-state index is 13.0. The molecule has 0 N–H and O–H groups in total. The number of nitrogens with zero attached hydrogens (tertiary/aromatic N) is 1. The van der Waals surface area contributed by atoms with Crippen LogP contribution in [0.3, 0.4) is 0 Å². The van der Waals surface area contributed by atoms with E-state index in [1.54, 1.807) is 14.2 Å². The summed E-state index contributed by atoms with van der Waals surface area (Å²) in [6.07, 6.45) is 2.64. The van der Waals surface area contributed by atoms with Crippen LogP contribution in [0.2, 0.25) is 0 Å². The summed E-state index contributed by atoms with van der Waals surface area (Å²) in [5.74, 6) is 2.57. The van der Waals surface area contributed by atoms with Crippen LogP contribution in [0.4, 0.5) is 4.79 Å². The molecule has 1 aliphatic heterocycles. The smallest absolute Gasteiger partial charge is 0.410 e. The van der Waals surface area contributed by atoms with Crippen molar-refractivity contribution >= 4 is 6.09 Å². The Kier molecular flexibility index (Phi) is 4.49. The first-order chi connectivity index (χ1) is 12.8. The van der Waals surface area contributed by atoms with Crippen molar-refractivity contribution in [2.24, 2.45) is 11.8 Å². The Morgan fingerprint density at radius 1 is 1.19 bits per heavy atom. The van der Waals surface area contributed by atoms with Crippen LogP contribution < -0.4 is 9.47 Å². The van der Waals surface area contributed by atoms with Gasteiger partial charge in [-0.15, -0.1) is 0 Å². The summed E-state index contributed by atoms with van der Waals surface area (Å²) in [5, 5.41) is 0. The molecule has 148 valence electrons. The number of methoxy groups -OCH3 is 2. The van der Waals surface area contributed by atoms with Crippen molar-refractivity contribution in [3.05, 3.63) is 23.8 Å². The molecule has 1 heterocycles. The fraction of sp³-hybridized carbons (Fsp3) is 0.667. The van der Waals surface area contributed by atoms with E-state index < -0.39 is 5.60 Å². The van der Waals surface area contributed by atoms with Crippen molar-refractivity contribution in [3.63, 3.8) is 0 Å². The SMILES string of the molecule is COc1ccc(CN(C(=O)OC(C)(C)C)[C@@H]2CC3[C@H]4O[C@H]4C[C@@H]32)c(OC)c1. The average Bonchev–Trinajstić information content (AvgIpc) is 3.29. The fourth-order valence-electron chi connectivity index (χ4n) is 4.58. The monoisotopic (exact) mass is 375 g/mol. The first-order valence-electron chi connectivity index (χ1n) is 9.66. The maximum absolute atomic E-state index is 13.0. The molecule has 1 aromatic carbocycles. The number of rotatable bonds is 5. The lowest BCUT2D eigenvalue weighted by Crippen LogP contribution is -2.55. The van der Waals surface area contributed by atoms with Crippen molar-refractivity contribution in [2.45, 2.75) is 64.0 Å². The van der Waals surface area contributed by atoms with E-state index >= 15 is 0 Å². The number of benzene rings is 1. The lowest BCUT2D eigenvalue weighted by atomic mass is 9.70. The van der Waals surface area contributed by atoms with Crippen LogP contribution in [0.25, 0.3) is 0 Å². The second-order valence-electron chi connectivity index (χ2n) is 8.79. The minimum atomic E-state index is -0.524. The van der Waals surface area contributed by atoms with Crippen LogP contribution in [0.5, 0.6) is 11.5 Å². The van der Waals surface area contributed by atoms with Gasteiger partial charge in [0.1, 0.15) is 17.1 Å². The number of ether oxygens (including phenoxy) is 4. The first kappa shape index (κ1) is 18.4. The molecule has 4 rings (SSSR count). The molecule has 0 bridgehead atoms. The number of fused-ring (bicyclic) bond motifs is 3. The van der Waals surface area contributed by atoms with Gasteiger partial charge in [0.05, 0.1) is 33.0 Å². The van der Waals surface area contributed by atoms with Gasteiger partial charge in [-0.05, 0) is 57.6 Å². The Hall–Kier alpha value is -1.95. The van der Waals surface area contributed by atoms with Crippen molar-refractivity contribution < 1.29 is 23.7 Å². The van der Waals surface area contributed by atoms with E-state index in [1.807, 2.05) is 43.9 Å². The summed E-state index contributed by atoms with van der Waals surface area (Å²) < 4.78 is 22.2. The molecule has 2 aliphatic carbocycles. The van der Waals surface area contributed by atoms with Crippen LogP contribution in [0.15, 0.2) is 18.2 Å². The van der Waals surface area contributed by atoms with Crippen LogP contribution in [0, 0.1) is 11.8 Å². The summed E-state index contributed by atoms with van der Waals surface area (Å²) >= 11 is 0. The van der Waals surface area contributed by atoms with Gasteiger partial charge in [-0.3, -0.25) is 0 Å². The van der Waals surface area contributed by atoms with Crippen molar-refractivity contribution in [2.75, 3.05) is 14.2 Å². The molecule has 0 radical (unpaired) electrons. The maximum Gasteiger partial charge on any atom is 0.410 e. The second kappa shape index (κ2) is 6.59. The number of carbonyl (C=O) groups excluding carboxylic acids is 1. The first-order valence-corrected chi connectivity index (χ1v) is 9.66. The largest absolute Gasteiger partial charge is 0.497 e. The standard InChI is InChI=1S/C21H29NO5/c1-21(2,3)27-20(23)22(16-9-15-14(16)10-18-19(15)26-18)11-12-6-7-13(24-4)8-17(12)25-5/h6-8,14-16,18-19H,9-11H2,1-5H3/t14-,15?,16+,18-,19+/m0/s1. The predicted octanol–water partition coefficient (Wildman–Crippen LogP) is 3.62. The number of hydrogen-bond acceptors (Lipinski definition) is 5. The Morgan fingerprint density at radius 3 is 2.59 bits per heavy atom. The molecule has 3 fully saturated rings. The topological polar surface area (TPSA) is 60.5 Å². The molecule has 2 saturated carbocycles. The van der Waals surface area contributed by atoms with Crippen LogP contribution >= 0.6 is 0 Å². The summed E-state index contributed by atoms with van der Waals surface area (Å²) in [6, 6.07) is 5.91. The van der Waals surface area contributed by atoms with Gasteiger partial charge in [-0.1, -0.05) is 0 Å². The third-order valence-electron chi connectivity index (χ3n) is 5.97. The number of amides is 1. The van der Waals surface area contributed by atoms with Crippen LogP contribution in [-0.4, -0.2) is 49.1 Å². The average molecular weight is 375 g/mol. The summed E-state index contributed by atoms with van der Waals surface area (Å²) in [5.41, 5.74) is 0.427. The normalized spacial score (nSPS) is 30.6. The molecule has 1 amide bonds. The summed E-state index contributed by atoms with van der Waals surface area (Å²) in [7, 11) is 3.26. The number of epoxide rings is 1. The molecule has 1 unspecified atom stereocenters. The van der Waals surface area contributed by atoms with E-state index in [-0.39, 0.29) is 12.1 Å². The van der Waals surface area contributed by atoms with Crippen LogP contribution in [-0.2, 0) is 16.0 Å². The molecule has 3 aliphatic rings. The highest BCUT2D eigenvalue weighted by molar-refractivity contribution is 5.69. The highest BCUT2D eigenvalue weighted by Gasteiger charge is 2.64. The van der Waals surface area contributed by atoms with E-state index in [4.69, 9.17) is 18.9 Å². The zero-order chi connectivity index (χ0) is 19.3. The molecule has 6 nitrogen and oxygen atoms in total. The van der Waals surface area contributed by atoms with E-state index in [0.717, 1.165) is 29.9 Å². The van der Waals surface area contributed by atoms with Gasteiger partial charge in [0.15, 0.2) is 0 Å². The highest BCUT2D eigenvalue weighted by Crippen LogP contribution is 2.58. The zero-order valence-electron chi connectivity index (χ0n) is 16.7. The van der Waals surface area contributed by atoms with Crippen molar-refractivity contribution in [3.8, 4) is 11.5 Å². The number of hydrogen-bond donors (Lipinski definition) is 0. The number of carbonyl (C=O) groups is 1. The minimum Gasteiger partial charge on any atom is -0.497 e. The zero-order valence-corrected chi connectivity index (χ0v) is 16.7. The third kappa shape index (κ3) is 3.47. The van der Waals surface area contributed by atoms with Crippen LogP contribution in [0.1, 0.15) is 39.2 Å². The van der Waals surface area contributed by atoms with Crippen molar-refractivity contribution in [1.29, 1.82) is 0 Å². The summed E-state index contributed by atoms with van der Waals surface area (Å²) in [4.78, 5) is 14.9. The molecular formula is C21H29NO5. The van der Waals surface area contributed by atoms with E-state index in [9.17, 15) is 4.79 Å². The van der Waals surface area contributed by atoms with Gasteiger partial charge in [0, 0.05) is 17.7 Å². The molecule has 5 atom stereocenters. The van der Waals surface area contributed by atoms with Gasteiger partial charge in [-0.2, -0.15) is 0 Å². The molecule has 27 heavy (non-hydrogen) atoms. The fourth-order valence-corrected chi connectivity index (χ4v) is 4.58. The van der Waals surface area contributed by atoms with Gasteiger partial charge < -0.3 is 23.8 Å². The van der Waals surface area contributed by atoms with E-state index in [1.165, 1.54) is 0 Å². The molecular weight excluding hydrogens is 346 g/mol. The quantitative estimate of drug-likeness (QED) is 0.736.